The highest BCUT2D eigenvalue weighted by Crippen LogP contribution is 2.49. The average Bonchev–Trinajstić information content (AvgIpc) is 2.90. The van der Waals surface area contributed by atoms with Crippen LogP contribution < -0.4 is 5.32 Å². The van der Waals surface area contributed by atoms with Gasteiger partial charge in [0.2, 0.25) is 0 Å². The van der Waals surface area contributed by atoms with Gasteiger partial charge < -0.3 is 10.1 Å². The summed E-state index contributed by atoms with van der Waals surface area (Å²) in [5, 5.41) is 3.18. The van der Waals surface area contributed by atoms with Crippen LogP contribution in [0.25, 0.3) is 0 Å². The molecule has 3 heteroatoms. The van der Waals surface area contributed by atoms with Crippen molar-refractivity contribution in [2.45, 2.75) is 56.3 Å². The lowest BCUT2D eigenvalue weighted by Crippen LogP contribution is -2.33. The second-order valence-corrected chi connectivity index (χ2v) is 7.81. The topological polar surface area (TPSA) is 21.3 Å². The summed E-state index contributed by atoms with van der Waals surface area (Å²) < 4.78 is 6.01. The molecule has 0 aromatic carbocycles. The van der Waals surface area contributed by atoms with Crippen LogP contribution in [0.1, 0.15) is 51.4 Å². The number of hydrogen-bond acceptors (Lipinski definition) is 3. The molecule has 19 heavy (non-hydrogen) atoms. The fraction of sp³-hybridized carbons (Fsp3) is 0.875. The SMILES string of the molecule is CNC=C1CCC(C2CCC3(CC2)OCCS3)CC1. The summed E-state index contributed by atoms with van der Waals surface area (Å²) in [7, 11) is 2.01. The first-order chi connectivity index (χ1) is 9.31. The van der Waals surface area contributed by atoms with Gasteiger partial charge in [0.15, 0.2) is 0 Å². The normalized spacial score (nSPS) is 39.5. The van der Waals surface area contributed by atoms with Crippen LogP contribution in [0.4, 0.5) is 0 Å². The van der Waals surface area contributed by atoms with Gasteiger partial charge in [-0.25, -0.2) is 0 Å². The Hall–Kier alpha value is -0.150. The van der Waals surface area contributed by atoms with Crippen LogP contribution in [0.3, 0.4) is 0 Å². The summed E-state index contributed by atoms with van der Waals surface area (Å²) in [6.07, 6.45) is 13.1. The first-order valence-electron chi connectivity index (χ1n) is 7.94. The van der Waals surface area contributed by atoms with Crippen LogP contribution in [0.2, 0.25) is 0 Å². The van der Waals surface area contributed by atoms with E-state index in [9.17, 15) is 0 Å². The second kappa shape index (κ2) is 6.09. The van der Waals surface area contributed by atoms with E-state index in [0.717, 1.165) is 18.4 Å². The Morgan fingerprint density at radius 2 is 1.84 bits per heavy atom. The standard InChI is InChI=1S/C16H27NOS/c1-17-12-13-2-4-14(5-3-13)15-6-8-16(9-7-15)18-10-11-19-16/h12,14-15,17H,2-11H2,1H3. The first-order valence-corrected chi connectivity index (χ1v) is 8.93. The predicted molar refractivity (Wildman–Crippen MR) is 82.2 cm³/mol. The molecule has 2 saturated carbocycles. The molecular formula is C16H27NOS. The lowest BCUT2D eigenvalue weighted by molar-refractivity contribution is 0.00331. The van der Waals surface area contributed by atoms with Gasteiger partial charge in [0, 0.05) is 12.8 Å². The minimum Gasteiger partial charge on any atom is -0.394 e. The van der Waals surface area contributed by atoms with E-state index in [-0.39, 0.29) is 4.93 Å². The summed E-state index contributed by atoms with van der Waals surface area (Å²) in [6.45, 7) is 0.983. The monoisotopic (exact) mass is 281 g/mol. The molecule has 0 atom stereocenters. The van der Waals surface area contributed by atoms with Gasteiger partial charge in [0.05, 0.1) is 6.61 Å². The van der Waals surface area contributed by atoms with E-state index in [1.54, 1.807) is 5.57 Å². The van der Waals surface area contributed by atoms with Crippen molar-refractivity contribution in [2.75, 3.05) is 19.4 Å². The van der Waals surface area contributed by atoms with E-state index in [1.165, 1.54) is 57.1 Å². The number of thioether (sulfide) groups is 1. The molecule has 1 heterocycles. The maximum absolute atomic E-state index is 6.01. The van der Waals surface area contributed by atoms with Crippen molar-refractivity contribution < 1.29 is 4.74 Å². The lowest BCUT2D eigenvalue weighted by atomic mass is 9.72. The molecule has 1 spiro atoms. The number of hydrogen-bond donors (Lipinski definition) is 1. The second-order valence-electron chi connectivity index (χ2n) is 6.37. The molecule has 0 radical (unpaired) electrons. The van der Waals surface area contributed by atoms with Crippen LogP contribution in [-0.4, -0.2) is 24.3 Å². The predicted octanol–water partition coefficient (Wildman–Crippen LogP) is 3.93. The third kappa shape index (κ3) is 3.13. The molecule has 0 aromatic heterocycles. The van der Waals surface area contributed by atoms with Crippen molar-refractivity contribution in [1.29, 1.82) is 0 Å². The number of rotatable bonds is 2. The zero-order valence-electron chi connectivity index (χ0n) is 12.1. The molecule has 108 valence electrons. The molecule has 0 bridgehead atoms. The van der Waals surface area contributed by atoms with Crippen molar-refractivity contribution in [3.8, 4) is 0 Å². The van der Waals surface area contributed by atoms with Crippen molar-refractivity contribution in [1.82, 2.24) is 5.32 Å². The average molecular weight is 281 g/mol. The summed E-state index contributed by atoms with van der Waals surface area (Å²) in [4.78, 5) is 0.238. The maximum Gasteiger partial charge on any atom is 0.113 e. The molecule has 3 fully saturated rings. The van der Waals surface area contributed by atoms with Crippen LogP contribution in [0.15, 0.2) is 11.8 Å². The fourth-order valence-electron chi connectivity index (χ4n) is 4.17. The third-order valence-corrected chi connectivity index (χ3v) is 6.72. The molecule has 2 nitrogen and oxygen atoms in total. The van der Waals surface area contributed by atoms with E-state index >= 15 is 0 Å². The van der Waals surface area contributed by atoms with E-state index in [1.807, 2.05) is 7.05 Å². The van der Waals surface area contributed by atoms with E-state index in [4.69, 9.17) is 4.74 Å². The van der Waals surface area contributed by atoms with Gasteiger partial charge in [-0.1, -0.05) is 5.57 Å². The van der Waals surface area contributed by atoms with Crippen molar-refractivity contribution in [3.63, 3.8) is 0 Å². The Morgan fingerprint density at radius 3 is 2.42 bits per heavy atom. The summed E-state index contributed by atoms with van der Waals surface area (Å²) in [5.74, 6) is 3.18. The minimum absolute atomic E-state index is 0.238. The van der Waals surface area contributed by atoms with E-state index in [0.29, 0.717) is 0 Å². The van der Waals surface area contributed by atoms with Gasteiger partial charge in [-0.15, -0.1) is 11.8 Å². The third-order valence-electron chi connectivity index (χ3n) is 5.29. The van der Waals surface area contributed by atoms with Crippen molar-refractivity contribution >= 4 is 11.8 Å². The molecule has 0 aromatic rings. The lowest BCUT2D eigenvalue weighted by Gasteiger charge is -2.40. The zero-order valence-corrected chi connectivity index (χ0v) is 12.9. The maximum atomic E-state index is 6.01. The number of nitrogens with one attached hydrogen (secondary N) is 1. The summed E-state index contributed by atoms with van der Waals surface area (Å²) in [6, 6.07) is 0. The molecule has 0 amide bonds. The van der Waals surface area contributed by atoms with Gasteiger partial charge in [-0.2, -0.15) is 0 Å². The highest BCUT2D eigenvalue weighted by molar-refractivity contribution is 8.00. The Bertz CT molecular complexity index is 316. The Labute approximate surface area is 121 Å². The van der Waals surface area contributed by atoms with Crippen LogP contribution >= 0.6 is 11.8 Å². The first kappa shape index (κ1) is 13.8. The Morgan fingerprint density at radius 1 is 1.16 bits per heavy atom. The van der Waals surface area contributed by atoms with E-state index in [2.05, 4.69) is 23.3 Å². The summed E-state index contributed by atoms with van der Waals surface area (Å²) >= 11 is 2.08. The fourth-order valence-corrected chi connectivity index (χ4v) is 5.40. The quantitative estimate of drug-likeness (QED) is 0.828. The molecule has 0 unspecified atom stereocenters. The minimum atomic E-state index is 0.238. The smallest absolute Gasteiger partial charge is 0.113 e. The molecular weight excluding hydrogens is 254 g/mol. The van der Waals surface area contributed by atoms with Gasteiger partial charge in [0.25, 0.3) is 0 Å². The molecule has 3 aliphatic rings. The zero-order chi connectivity index (χ0) is 13.1. The van der Waals surface area contributed by atoms with Crippen molar-refractivity contribution in [2.24, 2.45) is 11.8 Å². The highest BCUT2D eigenvalue weighted by Gasteiger charge is 2.41. The molecule has 1 aliphatic heterocycles. The number of allylic oxidation sites excluding steroid dienone is 1. The van der Waals surface area contributed by atoms with Crippen LogP contribution in [0.5, 0.6) is 0 Å². The number of ether oxygens (including phenoxy) is 1. The van der Waals surface area contributed by atoms with Gasteiger partial charge >= 0.3 is 0 Å². The molecule has 3 rings (SSSR count). The summed E-state index contributed by atoms with van der Waals surface area (Å²) in [5.41, 5.74) is 1.63. The van der Waals surface area contributed by atoms with Crippen molar-refractivity contribution in [3.05, 3.63) is 11.8 Å². The largest absolute Gasteiger partial charge is 0.394 e. The highest BCUT2D eigenvalue weighted by atomic mass is 32.2. The Kier molecular flexibility index (Phi) is 4.43. The van der Waals surface area contributed by atoms with Gasteiger partial charge in [-0.3, -0.25) is 0 Å². The van der Waals surface area contributed by atoms with Gasteiger partial charge in [0.1, 0.15) is 4.93 Å². The van der Waals surface area contributed by atoms with Gasteiger partial charge in [-0.05, 0) is 69.4 Å². The van der Waals surface area contributed by atoms with Crippen LogP contribution in [0, 0.1) is 11.8 Å². The molecule has 2 aliphatic carbocycles. The Balaban J connectivity index is 1.48. The molecule has 1 saturated heterocycles. The van der Waals surface area contributed by atoms with E-state index < -0.39 is 0 Å². The van der Waals surface area contributed by atoms with Crippen LogP contribution in [-0.2, 0) is 4.74 Å². The molecule has 1 N–H and O–H groups in total.